The minimum atomic E-state index is -3.70. The van der Waals surface area contributed by atoms with Crippen LogP contribution < -0.4 is 10.5 Å². The van der Waals surface area contributed by atoms with Crippen LogP contribution in [0.1, 0.15) is 11.1 Å². The lowest BCUT2D eigenvalue weighted by Gasteiger charge is -2.10. The number of aryl methyl sites for hydroxylation is 2. The van der Waals surface area contributed by atoms with E-state index in [2.05, 4.69) is 19.8 Å². The van der Waals surface area contributed by atoms with Crippen LogP contribution in [0.3, 0.4) is 0 Å². The van der Waals surface area contributed by atoms with Gasteiger partial charge in [0.25, 0.3) is 10.0 Å². The lowest BCUT2D eigenvalue weighted by molar-refractivity contribution is 0.601. The third-order valence-corrected chi connectivity index (χ3v) is 5.66. The molecule has 0 unspecified atom stereocenters. The summed E-state index contributed by atoms with van der Waals surface area (Å²) in [7, 11) is -3.70. The van der Waals surface area contributed by atoms with Crippen LogP contribution in [0.5, 0.6) is 0 Å². The van der Waals surface area contributed by atoms with Crippen molar-refractivity contribution in [2.24, 2.45) is 0 Å². The zero-order chi connectivity index (χ0) is 19.9. The van der Waals surface area contributed by atoms with Crippen molar-refractivity contribution >= 4 is 27.3 Å². The number of anilines is 2. The molecule has 0 bridgehead atoms. The van der Waals surface area contributed by atoms with Crippen molar-refractivity contribution in [3.05, 3.63) is 65.9 Å². The molecule has 0 radical (unpaired) electrons. The third-order valence-electron chi connectivity index (χ3n) is 4.26. The van der Waals surface area contributed by atoms with Crippen molar-refractivity contribution in [1.29, 1.82) is 0 Å². The Hall–Kier alpha value is -3.46. The number of rotatable bonds is 4. The maximum atomic E-state index is 12.7. The summed E-state index contributed by atoms with van der Waals surface area (Å²) in [5, 5.41) is 4.19. The number of hydrogen-bond acceptors (Lipinski definition) is 6. The van der Waals surface area contributed by atoms with Crippen LogP contribution in [-0.2, 0) is 10.0 Å². The van der Waals surface area contributed by atoms with Gasteiger partial charge in [0, 0.05) is 23.0 Å². The van der Waals surface area contributed by atoms with Crippen molar-refractivity contribution in [1.82, 2.24) is 19.6 Å². The molecule has 0 aliphatic carbocycles. The minimum absolute atomic E-state index is 0.147. The number of benzene rings is 2. The number of nitrogen functional groups attached to an aromatic ring is 1. The lowest BCUT2D eigenvalue weighted by atomic mass is 10.2. The first-order valence-corrected chi connectivity index (χ1v) is 9.99. The van der Waals surface area contributed by atoms with Gasteiger partial charge in [-0.25, -0.2) is 13.4 Å². The molecule has 0 fully saturated rings. The van der Waals surface area contributed by atoms with E-state index in [0.29, 0.717) is 22.7 Å². The van der Waals surface area contributed by atoms with E-state index in [4.69, 9.17) is 5.73 Å². The highest BCUT2D eigenvalue weighted by Gasteiger charge is 2.16. The van der Waals surface area contributed by atoms with Crippen LogP contribution in [0.2, 0.25) is 0 Å². The molecule has 0 amide bonds. The Morgan fingerprint density at radius 3 is 2.57 bits per heavy atom. The highest BCUT2D eigenvalue weighted by molar-refractivity contribution is 7.92. The summed E-state index contributed by atoms with van der Waals surface area (Å²) in [5.41, 5.74) is 9.26. The van der Waals surface area contributed by atoms with Gasteiger partial charge in [-0.3, -0.25) is 4.72 Å². The van der Waals surface area contributed by atoms with E-state index in [-0.39, 0.29) is 10.8 Å². The Morgan fingerprint density at radius 2 is 1.82 bits per heavy atom. The second kappa shape index (κ2) is 6.61. The third kappa shape index (κ3) is 3.27. The normalized spacial score (nSPS) is 11.6. The van der Waals surface area contributed by atoms with Gasteiger partial charge in [-0.05, 0) is 38.1 Å². The second-order valence-corrected chi connectivity index (χ2v) is 8.15. The molecule has 28 heavy (non-hydrogen) atoms. The van der Waals surface area contributed by atoms with Crippen molar-refractivity contribution in [2.75, 3.05) is 10.5 Å². The molecule has 0 aliphatic heterocycles. The molecule has 142 valence electrons. The van der Waals surface area contributed by atoms with Crippen molar-refractivity contribution in [3.8, 4) is 11.4 Å². The van der Waals surface area contributed by atoms with Crippen LogP contribution >= 0.6 is 0 Å². The van der Waals surface area contributed by atoms with E-state index in [9.17, 15) is 8.42 Å². The first-order chi connectivity index (χ1) is 13.3. The van der Waals surface area contributed by atoms with Gasteiger partial charge in [-0.15, -0.1) is 5.10 Å². The lowest BCUT2D eigenvalue weighted by Crippen LogP contribution is -2.13. The average molecular weight is 394 g/mol. The van der Waals surface area contributed by atoms with Gasteiger partial charge in [0.15, 0.2) is 11.5 Å². The van der Waals surface area contributed by atoms with E-state index < -0.39 is 10.0 Å². The molecular weight excluding hydrogens is 376 g/mol. The Bertz CT molecular complexity index is 1280. The Kier molecular flexibility index (Phi) is 4.23. The molecule has 0 saturated carbocycles. The molecule has 4 rings (SSSR count). The van der Waals surface area contributed by atoms with E-state index in [1.165, 1.54) is 0 Å². The molecule has 0 aliphatic rings. The maximum absolute atomic E-state index is 12.7. The fourth-order valence-electron chi connectivity index (χ4n) is 2.85. The van der Waals surface area contributed by atoms with Gasteiger partial charge in [0.05, 0.1) is 4.90 Å². The Labute approximate surface area is 162 Å². The van der Waals surface area contributed by atoms with Gasteiger partial charge >= 0.3 is 0 Å². The number of nitrogens with two attached hydrogens (primary N) is 1. The van der Waals surface area contributed by atoms with Crippen molar-refractivity contribution in [3.63, 3.8) is 0 Å². The molecule has 8 nitrogen and oxygen atoms in total. The number of aromatic nitrogens is 4. The standard InChI is InChI=1S/C19H18N6O2S/c1-12-6-8-16(9-7-12)28(26,27)24-15-5-3-4-14(10-15)18-21-11-13(2)17-22-19(20)23-25(17)18/h3-11,24H,1-2H3,(H2,20,23). The monoisotopic (exact) mass is 394 g/mol. The van der Waals surface area contributed by atoms with E-state index in [1.54, 1.807) is 53.2 Å². The zero-order valence-corrected chi connectivity index (χ0v) is 16.1. The molecule has 4 aromatic rings. The van der Waals surface area contributed by atoms with Crippen molar-refractivity contribution < 1.29 is 8.42 Å². The van der Waals surface area contributed by atoms with Gasteiger partial charge in [0.1, 0.15) is 0 Å². The highest BCUT2D eigenvalue weighted by atomic mass is 32.2. The van der Waals surface area contributed by atoms with E-state index in [1.807, 2.05) is 19.9 Å². The number of fused-ring (bicyclic) bond motifs is 1. The number of nitrogens with one attached hydrogen (secondary N) is 1. The predicted octanol–water partition coefficient (Wildman–Crippen LogP) is 2.79. The van der Waals surface area contributed by atoms with Crippen LogP contribution in [0, 0.1) is 13.8 Å². The number of hydrogen-bond donors (Lipinski definition) is 2. The Morgan fingerprint density at radius 1 is 1.07 bits per heavy atom. The van der Waals surface area contributed by atoms with Crippen molar-refractivity contribution in [2.45, 2.75) is 18.7 Å². The molecule has 2 aromatic carbocycles. The van der Waals surface area contributed by atoms with Crippen LogP contribution in [0.15, 0.2) is 59.6 Å². The molecule has 0 atom stereocenters. The fourth-order valence-corrected chi connectivity index (χ4v) is 3.90. The first kappa shape index (κ1) is 17.9. The van der Waals surface area contributed by atoms with Gasteiger partial charge in [-0.2, -0.15) is 9.50 Å². The highest BCUT2D eigenvalue weighted by Crippen LogP contribution is 2.24. The molecule has 9 heteroatoms. The summed E-state index contributed by atoms with van der Waals surface area (Å²) >= 11 is 0. The summed E-state index contributed by atoms with van der Waals surface area (Å²) in [6.07, 6.45) is 1.68. The molecule has 3 N–H and O–H groups in total. The van der Waals surface area contributed by atoms with Crippen LogP contribution in [-0.4, -0.2) is 28.0 Å². The Balaban J connectivity index is 1.73. The van der Waals surface area contributed by atoms with Crippen LogP contribution in [0.25, 0.3) is 17.0 Å². The average Bonchev–Trinajstić information content (AvgIpc) is 3.04. The smallest absolute Gasteiger partial charge is 0.261 e. The maximum Gasteiger partial charge on any atom is 0.261 e. The molecule has 0 spiro atoms. The second-order valence-electron chi connectivity index (χ2n) is 6.47. The number of nitrogens with zero attached hydrogens (tertiary/aromatic N) is 4. The fraction of sp³-hybridized carbons (Fsp3) is 0.105. The SMILES string of the molecule is Cc1ccc(S(=O)(=O)Nc2cccc(-c3ncc(C)c4nc(N)nn34)c2)cc1. The van der Waals surface area contributed by atoms with E-state index >= 15 is 0 Å². The van der Waals surface area contributed by atoms with Gasteiger partial charge in [0.2, 0.25) is 5.95 Å². The number of sulfonamides is 1. The summed E-state index contributed by atoms with van der Waals surface area (Å²) < 4.78 is 29.5. The largest absolute Gasteiger partial charge is 0.366 e. The van der Waals surface area contributed by atoms with Gasteiger partial charge in [-0.1, -0.05) is 29.8 Å². The molecule has 0 saturated heterocycles. The summed E-state index contributed by atoms with van der Waals surface area (Å²) in [6.45, 7) is 3.77. The molecular formula is C19H18N6O2S. The van der Waals surface area contributed by atoms with Crippen LogP contribution in [0.4, 0.5) is 11.6 Å². The molecule has 2 heterocycles. The minimum Gasteiger partial charge on any atom is -0.366 e. The summed E-state index contributed by atoms with van der Waals surface area (Å²) in [5.74, 6) is 0.662. The summed E-state index contributed by atoms with van der Waals surface area (Å²) in [6, 6.07) is 13.6. The topological polar surface area (TPSA) is 115 Å². The van der Waals surface area contributed by atoms with E-state index in [0.717, 1.165) is 11.1 Å². The quantitative estimate of drug-likeness (QED) is 0.550. The summed E-state index contributed by atoms with van der Waals surface area (Å²) in [4.78, 5) is 8.83. The predicted molar refractivity (Wildman–Crippen MR) is 107 cm³/mol. The van der Waals surface area contributed by atoms with Gasteiger partial charge < -0.3 is 5.73 Å². The molecule has 2 aromatic heterocycles. The first-order valence-electron chi connectivity index (χ1n) is 8.51. The zero-order valence-electron chi connectivity index (χ0n) is 15.3.